The predicted molar refractivity (Wildman–Crippen MR) is 99.1 cm³/mol. The van der Waals surface area contributed by atoms with Crippen LogP contribution < -0.4 is 9.47 Å². The quantitative estimate of drug-likeness (QED) is 0.699. The molecule has 0 aliphatic rings. The summed E-state index contributed by atoms with van der Waals surface area (Å²) < 4.78 is 10.6. The molecule has 0 amide bonds. The van der Waals surface area contributed by atoms with E-state index in [0.29, 0.717) is 0 Å². The van der Waals surface area contributed by atoms with Gasteiger partial charge in [0.1, 0.15) is 11.5 Å². The van der Waals surface area contributed by atoms with Crippen molar-refractivity contribution in [3.8, 4) is 33.8 Å². The molecular formula is C21H20O4. The zero-order chi connectivity index (χ0) is 18.1. The Kier molecular flexibility index (Phi) is 6.60. The second kappa shape index (κ2) is 9.13. The van der Waals surface area contributed by atoms with E-state index < -0.39 is 0 Å². The second-order valence-electron chi connectivity index (χ2n) is 5.11. The Morgan fingerprint density at radius 2 is 1.24 bits per heavy atom. The monoisotopic (exact) mass is 336 g/mol. The van der Waals surface area contributed by atoms with Crippen molar-refractivity contribution >= 4 is 6.47 Å². The number of hydrogen-bond donors (Lipinski definition) is 1. The van der Waals surface area contributed by atoms with Gasteiger partial charge >= 0.3 is 0 Å². The van der Waals surface area contributed by atoms with Gasteiger partial charge in [0.05, 0.1) is 14.2 Å². The molecule has 128 valence electrons. The van der Waals surface area contributed by atoms with Gasteiger partial charge in [0.15, 0.2) is 0 Å². The van der Waals surface area contributed by atoms with Crippen molar-refractivity contribution in [3.63, 3.8) is 0 Å². The number of hydrogen-bond acceptors (Lipinski definition) is 3. The first-order valence-electron chi connectivity index (χ1n) is 7.69. The lowest BCUT2D eigenvalue weighted by atomic mass is 9.94. The zero-order valence-corrected chi connectivity index (χ0v) is 14.2. The molecule has 4 heteroatoms. The summed E-state index contributed by atoms with van der Waals surface area (Å²) in [5.74, 6) is 1.71. The van der Waals surface area contributed by atoms with Gasteiger partial charge in [-0.3, -0.25) is 4.79 Å². The average molecular weight is 336 g/mol. The third kappa shape index (κ3) is 4.61. The first-order valence-corrected chi connectivity index (χ1v) is 7.69. The van der Waals surface area contributed by atoms with Gasteiger partial charge in [-0.2, -0.15) is 0 Å². The van der Waals surface area contributed by atoms with Crippen LogP contribution in [0.5, 0.6) is 11.5 Å². The molecule has 25 heavy (non-hydrogen) atoms. The van der Waals surface area contributed by atoms with E-state index in [9.17, 15) is 0 Å². The minimum Gasteiger partial charge on any atom is -0.497 e. The maximum atomic E-state index is 8.36. The molecule has 3 aromatic rings. The molecule has 0 fully saturated rings. The molecule has 0 aliphatic heterocycles. The van der Waals surface area contributed by atoms with Crippen LogP contribution in [0.1, 0.15) is 0 Å². The number of carboxylic acid groups (broad SMARTS) is 1. The Bertz CT molecular complexity index is 796. The summed E-state index contributed by atoms with van der Waals surface area (Å²) in [5.41, 5.74) is 4.66. The highest BCUT2D eigenvalue weighted by atomic mass is 16.5. The molecule has 0 atom stereocenters. The minimum absolute atomic E-state index is 0.250. The fraction of sp³-hybridized carbons (Fsp3) is 0.0952. The molecule has 0 radical (unpaired) electrons. The molecule has 0 saturated carbocycles. The van der Waals surface area contributed by atoms with Gasteiger partial charge in [0.25, 0.3) is 6.47 Å². The van der Waals surface area contributed by atoms with Gasteiger partial charge in [-0.15, -0.1) is 0 Å². The standard InChI is InChI=1S/C20H18O2.CH2O2/c1-21-17-10-8-16(9-11-17)20-14-18(22-2)12-13-19(20)15-6-4-3-5-7-15;2-1-3/h3-14H,1-2H3;1H,(H,2,3). The highest BCUT2D eigenvalue weighted by Crippen LogP contribution is 2.35. The van der Waals surface area contributed by atoms with Crippen molar-refractivity contribution in [2.24, 2.45) is 0 Å². The smallest absolute Gasteiger partial charge is 0.290 e. The highest BCUT2D eigenvalue weighted by molar-refractivity contribution is 5.84. The van der Waals surface area contributed by atoms with Gasteiger partial charge < -0.3 is 14.6 Å². The van der Waals surface area contributed by atoms with E-state index in [-0.39, 0.29) is 6.47 Å². The number of ether oxygens (including phenoxy) is 2. The number of carbonyl (C=O) groups is 1. The summed E-state index contributed by atoms with van der Waals surface area (Å²) in [6.07, 6.45) is 0. The van der Waals surface area contributed by atoms with Crippen LogP contribution in [0, 0.1) is 0 Å². The molecule has 4 nitrogen and oxygen atoms in total. The molecular weight excluding hydrogens is 316 g/mol. The first-order chi connectivity index (χ1) is 12.2. The fourth-order valence-electron chi connectivity index (χ4n) is 2.53. The third-order valence-corrected chi connectivity index (χ3v) is 3.71. The molecule has 0 aromatic heterocycles. The normalized spacial score (nSPS) is 9.52. The van der Waals surface area contributed by atoms with Crippen LogP contribution in [-0.2, 0) is 4.79 Å². The Hall–Kier alpha value is -3.27. The lowest BCUT2D eigenvalue weighted by Crippen LogP contribution is -1.89. The van der Waals surface area contributed by atoms with Gasteiger partial charge in [0.2, 0.25) is 0 Å². The van der Waals surface area contributed by atoms with Crippen LogP contribution in [0.25, 0.3) is 22.3 Å². The molecule has 3 rings (SSSR count). The van der Waals surface area contributed by atoms with Crippen LogP contribution in [0.2, 0.25) is 0 Å². The number of methoxy groups -OCH3 is 2. The summed E-state index contributed by atoms with van der Waals surface area (Å²) in [6.45, 7) is -0.250. The van der Waals surface area contributed by atoms with Crippen molar-refractivity contribution in [1.29, 1.82) is 0 Å². The number of benzene rings is 3. The molecule has 0 saturated heterocycles. The van der Waals surface area contributed by atoms with E-state index in [0.717, 1.165) is 22.6 Å². The summed E-state index contributed by atoms with van der Waals surface area (Å²) in [4.78, 5) is 8.36. The predicted octanol–water partition coefficient (Wildman–Crippen LogP) is 4.74. The Morgan fingerprint density at radius 1 is 0.720 bits per heavy atom. The SMILES string of the molecule is COc1ccc(-c2cc(OC)ccc2-c2ccccc2)cc1.O=CO. The first kappa shape index (κ1) is 18.1. The van der Waals surface area contributed by atoms with Crippen molar-refractivity contribution in [3.05, 3.63) is 72.8 Å². The molecule has 3 aromatic carbocycles. The summed E-state index contributed by atoms with van der Waals surface area (Å²) in [7, 11) is 3.37. The van der Waals surface area contributed by atoms with Gasteiger partial charge in [-0.25, -0.2) is 0 Å². The second-order valence-corrected chi connectivity index (χ2v) is 5.11. The highest BCUT2D eigenvalue weighted by Gasteiger charge is 2.09. The fourth-order valence-corrected chi connectivity index (χ4v) is 2.53. The van der Waals surface area contributed by atoms with Crippen molar-refractivity contribution < 1.29 is 19.4 Å². The zero-order valence-electron chi connectivity index (χ0n) is 14.2. The number of rotatable bonds is 4. The Balaban J connectivity index is 0.000000701. The van der Waals surface area contributed by atoms with Crippen LogP contribution in [0.3, 0.4) is 0 Å². The maximum absolute atomic E-state index is 8.36. The third-order valence-electron chi connectivity index (χ3n) is 3.71. The van der Waals surface area contributed by atoms with Crippen molar-refractivity contribution in [1.82, 2.24) is 0 Å². The van der Waals surface area contributed by atoms with E-state index in [4.69, 9.17) is 19.4 Å². The Labute approximate surface area is 147 Å². The molecule has 0 bridgehead atoms. The molecule has 0 unspecified atom stereocenters. The van der Waals surface area contributed by atoms with Crippen LogP contribution >= 0.6 is 0 Å². The largest absolute Gasteiger partial charge is 0.497 e. The average Bonchev–Trinajstić information content (AvgIpc) is 2.69. The van der Waals surface area contributed by atoms with Crippen molar-refractivity contribution in [2.75, 3.05) is 14.2 Å². The minimum atomic E-state index is -0.250. The van der Waals surface area contributed by atoms with E-state index in [1.807, 2.05) is 24.3 Å². The summed E-state index contributed by atoms with van der Waals surface area (Å²) in [6, 6.07) is 24.6. The van der Waals surface area contributed by atoms with Gasteiger partial charge in [-0.05, 0) is 46.5 Å². The lowest BCUT2D eigenvalue weighted by Gasteiger charge is -2.12. The van der Waals surface area contributed by atoms with Gasteiger partial charge in [-0.1, -0.05) is 48.5 Å². The topological polar surface area (TPSA) is 55.8 Å². The lowest BCUT2D eigenvalue weighted by molar-refractivity contribution is -0.122. The van der Waals surface area contributed by atoms with Crippen LogP contribution in [0.4, 0.5) is 0 Å². The van der Waals surface area contributed by atoms with Crippen molar-refractivity contribution in [2.45, 2.75) is 0 Å². The van der Waals surface area contributed by atoms with E-state index in [1.165, 1.54) is 11.1 Å². The van der Waals surface area contributed by atoms with Crippen LogP contribution in [-0.4, -0.2) is 25.8 Å². The molecule has 0 spiro atoms. The summed E-state index contributed by atoms with van der Waals surface area (Å²) in [5, 5.41) is 6.89. The van der Waals surface area contributed by atoms with E-state index in [2.05, 4.69) is 48.5 Å². The van der Waals surface area contributed by atoms with E-state index >= 15 is 0 Å². The molecule has 1 N–H and O–H groups in total. The maximum Gasteiger partial charge on any atom is 0.290 e. The summed E-state index contributed by atoms with van der Waals surface area (Å²) >= 11 is 0. The Morgan fingerprint density at radius 3 is 1.80 bits per heavy atom. The molecule has 0 heterocycles. The van der Waals surface area contributed by atoms with Crippen LogP contribution in [0.15, 0.2) is 72.8 Å². The van der Waals surface area contributed by atoms with E-state index in [1.54, 1.807) is 14.2 Å². The molecule has 0 aliphatic carbocycles. The van der Waals surface area contributed by atoms with Gasteiger partial charge in [0, 0.05) is 0 Å².